The number of fused-ring (bicyclic) bond motifs is 3. The fraction of sp³-hybridized carbons (Fsp3) is 0.333. The van der Waals surface area contributed by atoms with Gasteiger partial charge in [0.2, 0.25) is 5.88 Å². The van der Waals surface area contributed by atoms with Crippen molar-refractivity contribution >= 4 is 16.9 Å². The van der Waals surface area contributed by atoms with Crippen LogP contribution >= 0.6 is 0 Å². The highest BCUT2D eigenvalue weighted by molar-refractivity contribution is 5.87. The van der Waals surface area contributed by atoms with E-state index in [1.807, 2.05) is 44.3 Å². The van der Waals surface area contributed by atoms with Gasteiger partial charge in [-0.25, -0.2) is 4.98 Å². The number of nitrogens with one attached hydrogen (secondary N) is 1. The van der Waals surface area contributed by atoms with E-state index < -0.39 is 12.0 Å². The molecule has 1 aliphatic heterocycles. The normalized spacial score (nSPS) is 15.6. The molecule has 6 heteroatoms. The summed E-state index contributed by atoms with van der Waals surface area (Å²) in [5.74, 6) is -0.212. The number of methoxy groups -OCH3 is 1. The van der Waals surface area contributed by atoms with Gasteiger partial charge in [-0.2, -0.15) is 0 Å². The Hall–Kier alpha value is -2.86. The van der Waals surface area contributed by atoms with Crippen LogP contribution in [0.25, 0.3) is 10.9 Å². The van der Waals surface area contributed by atoms with Crippen LogP contribution in [-0.4, -0.2) is 33.8 Å². The third kappa shape index (κ3) is 3.66. The van der Waals surface area contributed by atoms with Crippen molar-refractivity contribution in [2.75, 3.05) is 7.11 Å². The summed E-state index contributed by atoms with van der Waals surface area (Å²) in [6.07, 6.45) is 2.31. The summed E-state index contributed by atoms with van der Waals surface area (Å²) >= 11 is 0. The molecule has 0 bridgehead atoms. The highest BCUT2D eigenvalue weighted by Crippen LogP contribution is 2.30. The Balaban J connectivity index is 0.00000102. The Labute approximate surface area is 158 Å². The molecule has 27 heavy (non-hydrogen) atoms. The average Bonchev–Trinajstić information content (AvgIpc) is 3.03. The zero-order valence-electron chi connectivity index (χ0n) is 15.9. The molecule has 1 unspecified atom stereocenters. The van der Waals surface area contributed by atoms with Crippen molar-refractivity contribution < 1.29 is 14.6 Å². The van der Waals surface area contributed by atoms with Crippen molar-refractivity contribution in [2.24, 2.45) is 0 Å². The molecule has 0 saturated carbocycles. The molecule has 2 aromatic heterocycles. The minimum absolute atomic E-state index is 0.499. The minimum Gasteiger partial charge on any atom is -0.481 e. The van der Waals surface area contributed by atoms with E-state index in [9.17, 15) is 9.90 Å². The molecule has 0 radical (unpaired) electrons. The Kier molecular flexibility index (Phi) is 5.76. The first-order chi connectivity index (χ1) is 13.2. The Morgan fingerprint density at radius 1 is 1.30 bits per heavy atom. The first-order valence-corrected chi connectivity index (χ1v) is 9.21. The maximum atomic E-state index is 11.4. The SMILES string of the molecule is CC.COc1ccc(Cn2c3c(c4ccccc42)CC(C(=O)O)NC3)cn1. The summed E-state index contributed by atoms with van der Waals surface area (Å²) in [6.45, 7) is 5.23. The summed E-state index contributed by atoms with van der Waals surface area (Å²) in [5, 5.41) is 13.6. The largest absolute Gasteiger partial charge is 0.481 e. The van der Waals surface area contributed by atoms with Crippen LogP contribution in [0.2, 0.25) is 0 Å². The second-order valence-corrected chi connectivity index (χ2v) is 6.21. The minimum atomic E-state index is -0.804. The zero-order valence-corrected chi connectivity index (χ0v) is 15.9. The summed E-state index contributed by atoms with van der Waals surface area (Å²) in [5.41, 5.74) is 4.47. The fourth-order valence-corrected chi connectivity index (χ4v) is 3.52. The van der Waals surface area contributed by atoms with Crippen molar-refractivity contribution in [3.63, 3.8) is 0 Å². The van der Waals surface area contributed by atoms with Crippen LogP contribution in [0.3, 0.4) is 0 Å². The molecule has 3 heterocycles. The molecule has 0 saturated heterocycles. The van der Waals surface area contributed by atoms with Gasteiger partial charge >= 0.3 is 5.97 Å². The van der Waals surface area contributed by atoms with Crippen molar-refractivity contribution in [3.05, 3.63) is 59.4 Å². The van der Waals surface area contributed by atoms with Gasteiger partial charge in [-0.1, -0.05) is 38.1 Å². The van der Waals surface area contributed by atoms with Crippen molar-refractivity contribution in [2.45, 2.75) is 39.4 Å². The third-order valence-corrected chi connectivity index (χ3v) is 4.76. The quantitative estimate of drug-likeness (QED) is 0.740. The number of carboxylic acids is 1. The Bertz CT molecular complexity index is 932. The maximum Gasteiger partial charge on any atom is 0.321 e. The monoisotopic (exact) mass is 367 g/mol. The number of benzene rings is 1. The lowest BCUT2D eigenvalue weighted by molar-refractivity contribution is -0.139. The lowest BCUT2D eigenvalue weighted by Crippen LogP contribution is -2.42. The molecule has 142 valence electrons. The lowest BCUT2D eigenvalue weighted by Gasteiger charge is -2.22. The van der Waals surface area contributed by atoms with Crippen LogP contribution in [0.5, 0.6) is 5.88 Å². The Morgan fingerprint density at radius 3 is 2.74 bits per heavy atom. The summed E-state index contributed by atoms with van der Waals surface area (Å²) in [6, 6.07) is 11.5. The van der Waals surface area contributed by atoms with Gasteiger partial charge in [0.05, 0.1) is 7.11 Å². The fourth-order valence-electron chi connectivity index (χ4n) is 3.52. The molecule has 1 aliphatic rings. The molecule has 0 fully saturated rings. The predicted molar refractivity (Wildman–Crippen MR) is 105 cm³/mol. The van der Waals surface area contributed by atoms with Crippen molar-refractivity contribution in [1.82, 2.24) is 14.9 Å². The maximum absolute atomic E-state index is 11.4. The number of nitrogens with zero attached hydrogens (tertiary/aromatic N) is 2. The standard InChI is InChI=1S/C19H19N3O3.C2H6/c1-25-18-7-6-12(9-21-18)11-22-16-5-3-2-4-13(16)14-8-15(19(23)24)20-10-17(14)22;1-2/h2-7,9,15,20H,8,10-11H2,1H3,(H,23,24);1-2H3. The van der Waals surface area contributed by atoms with Gasteiger partial charge in [0.25, 0.3) is 0 Å². The van der Waals surface area contributed by atoms with Crippen molar-refractivity contribution in [1.29, 1.82) is 0 Å². The topological polar surface area (TPSA) is 76.4 Å². The molecule has 1 atom stereocenters. The molecule has 0 spiro atoms. The molecule has 3 aromatic rings. The molecular weight excluding hydrogens is 342 g/mol. The van der Waals surface area contributed by atoms with E-state index in [1.165, 1.54) is 0 Å². The van der Waals surface area contributed by atoms with Gasteiger partial charge in [0.15, 0.2) is 0 Å². The van der Waals surface area contributed by atoms with Gasteiger partial charge < -0.3 is 14.4 Å². The van der Waals surface area contributed by atoms with Gasteiger partial charge in [-0.15, -0.1) is 0 Å². The first kappa shape index (κ1) is 18.9. The van der Waals surface area contributed by atoms with E-state index >= 15 is 0 Å². The number of hydrogen-bond acceptors (Lipinski definition) is 4. The van der Waals surface area contributed by atoms with Gasteiger partial charge in [-0.3, -0.25) is 10.1 Å². The molecule has 1 aromatic carbocycles. The summed E-state index contributed by atoms with van der Waals surface area (Å²) in [4.78, 5) is 15.6. The van der Waals surface area contributed by atoms with E-state index in [0.29, 0.717) is 25.4 Å². The van der Waals surface area contributed by atoms with Gasteiger partial charge in [0, 0.05) is 48.4 Å². The molecule has 2 N–H and O–H groups in total. The summed E-state index contributed by atoms with van der Waals surface area (Å²) < 4.78 is 7.37. The van der Waals surface area contributed by atoms with E-state index in [1.54, 1.807) is 7.11 Å². The number of para-hydroxylation sites is 1. The van der Waals surface area contributed by atoms with Crippen LogP contribution in [0.1, 0.15) is 30.7 Å². The van der Waals surface area contributed by atoms with Gasteiger partial charge in [0.1, 0.15) is 6.04 Å². The summed E-state index contributed by atoms with van der Waals surface area (Å²) in [7, 11) is 1.60. The predicted octanol–water partition coefficient (Wildman–Crippen LogP) is 3.22. The highest BCUT2D eigenvalue weighted by Gasteiger charge is 2.28. The second-order valence-electron chi connectivity index (χ2n) is 6.21. The van der Waals surface area contributed by atoms with Crippen LogP contribution < -0.4 is 10.1 Å². The molecule has 0 aliphatic carbocycles. The van der Waals surface area contributed by atoms with Gasteiger partial charge in [-0.05, 0) is 17.2 Å². The van der Waals surface area contributed by atoms with Crippen LogP contribution in [0, 0.1) is 0 Å². The zero-order chi connectivity index (χ0) is 19.4. The number of hydrogen-bond donors (Lipinski definition) is 2. The van der Waals surface area contributed by atoms with E-state index in [0.717, 1.165) is 27.7 Å². The third-order valence-electron chi connectivity index (χ3n) is 4.76. The number of ether oxygens (including phenoxy) is 1. The Morgan fingerprint density at radius 2 is 2.07 bits per heavy atom. The number of carboxylic acid groups (broad SMARTS) is 1. The number of rotatable bonds is 4. The second kappa shape index (κ2) is 8.22. The smallest absolute Gasteiger partial charge is 0.321 e. The van der Waals surface area contributed by atoms with Crippen LogP contribution in [-0.2, 0) is 24.3 Å². The van der Waals surface area contributed by atoms with E-state index in [4.69, 9.17) is 4.74 Å². The molecule has 0 amide bonds. The van der Waals surface area contributed by atoms with E-state index in [2.05, 4.69) is 27.0 Å². The van der Waals surface area contributed by atoms with E-state index in [-0.39, 0.29) is 0 Å². The number of aliphatic carboxylic acids is 1. The number of pyridine rings is 1. The lowest BCUT2D eigenvalue weighted by atomic mass is 9.99. The molecule has 6 nitrogen and oxygen atoms in total. The average molecular weight is 367 g/mol. The number of carbonyl (C=O) groups is 1. The number of aromatic nitrogens is 2. The van der Waals surface area contributed by atoms with Crippen LogP contribution in [0.4, 0.5) is 0 Å². The van der Waals surface area contributed by atoms with Crippen molar-refractivity contribution in [3.8, 4) is 5.88 Å². The van der Waals surface area contributed by atoms with Crippen LogP contribution in [0.15, 0.2) is 42.6 Å². The highest BCUT2D eigenvalue weighted by atomic mass is 16.5. The molecule has 4 rings (SSSR count). The first-order valence-electron chi connectivity index (χ1n) is 9.21. The molecular formula is C21H25N3O3.